The van der Waals surface area contributed by atoms with Crippen molar-refractivity contribution in [2.75, 3.05) is 0 Å². The normalized spacial score (nSPS) is 12.8. The molecule has 0 aliphatic carbocycles. The summed E-state index contributed by atoms with van der Waals surface area (Å²) in [6, 6.07) is 7.34. The van der Waals surface area contributed by atoms with E-state index in [2.05, 4.69) is 0 Å². The first-order valence-electron chi connectivity index (χ1n) is 6.56. The first-order chi connectivity index (χ1) is 10.6. The van der Waals surface area contributed by atoms with Gasteiger partial charge < -0.3 is 25.1 Å². The van der Waals surface area contributed by atoms with Gasteiger partial charge in [0.25, 0.3) is 0 Å². The highest BCUT2D eigenvalue weighted by atomic mass is 31.2. The number of aromatic hydroxyl groups is 3. The maximum absolute atomic E-state index is 12.6. The monoisotopic (exact) mass is 338 g/mol. The molecule has 0 saturated heterocycles. The highest BCUT2D eigenvalue weighted by Gasteiger charge is 2.31. The van der Waals surface area contributed by atoms with Gasteiger partial charge in [-0.3, -0.25) is 9.36 Å². The average molecular weight is 338 g/mol. The van der Waals surface area contributed by atoms with Crippen molar-refractivity contribution in [1.82, 2.24) is 0 Å². The molecule has 0 heterocycles. The average Bonchev–Trinajstić information content (AvgIpc) is 2.45. The number of hydrogen-bond donors (Lipinski definition) is 5. The molecule has 0 saturated carbocycles. The molecule has 0 amide bonds. The van der Waals surface area contributed by atoms with E-state index in [0.717, 1.165) is 12.1 Å². The topological polar surface area (TPSA) is 135 Å². The van der Waals surface area contributed by atoms with Crippen molar-refractivity contribution in [3.05, 3.63) is 47.5 Å². The molecule has 8 heteroatoms. The number of rotatable bonds is 4. The van der Waals surface area contributed by atoms with Crippen LogP contribution in [-0.2, 0) is 4.57 Å². The van der Waals surface area contributed by atoms with Gasteiger partial charge in [-0.05, 0) is 23.8 Å². The summed E-state index contributed by atoms with van der Waals surface area (Å²) in [5, 5.41) is 27.8. The van der Waals surface area contributed by atoms with Crippen LogP contribution in [0.3, 0.4) is 0 Å². The molecule has 7 nitrogen and oxygen atoms in total. The molecule has 0 fully saturated rings. The Morgan fingerprint density at radius 3 is 2.09 bits per heavy atom. The number of ketones is 1. The number of carbonyl (C=O) groups excluding carboxylic acids is 1. The minimum absolute atomic E-state index is 0.0109. The summed E-state index contributed by atoms with van der Waals surface area (Å²) in [5.74, 6) is -2.80. The van der Waals surface area contributed by atoms with Gasteiger partial charge in [-0.2, -0.15) is 0 Å². The molecule has 5 N–H and O–H groups in total. The van der Waals surface area contributed by atoms with Gasteiger partial charge in [0.2, 0.25) is 0 Å². The Kier molecular flexibility index (Phi) is 4.47. The van der Waals surface area contributed by atoms with E-state index in [1.807, 2.05) is 0 Å². The summed E-state index contributed by atoms with van der Waals surface area (Å²) in [4.78, 5) is 31.3. The van der Waals surface area contributed by atoms with E-state index in [1.165, 1.54) is 31.2 Å². The Morgan fingerprint density at radius 1 is 1.00 bits per heavy atom. The third-order valence-corrected chi connectivity index (χ3v) is 4.41. The van der Waals surface area contributed by atoms with Crippen LogP contribution in [0.4, 0.5) is 0 Å². The minimum Gasteiger partial charge on any atom is -0.508 e. The number of Topliss-reactive ketones (excluding diaryl/α,β-unsaturated/α-hetero) is 1. The lowest BCUT2D eigenvalue weighted by molar-refractivity contribution is 0.0964. The number of phenols is 3. The Bertz CT molecular complexity index is 792. The van der Waals surface area contributed by atoms with Gasteiger partial charge in [-0.15, -0.1) is 0 Å². The number of hydrogen-bond acceptors (Lipinski definition) is 5. The van der Waals surface area contributed by atoms with Crippen molar-refractivity contribution >= 4 is 18.7 Å². The molecule has 0 bridgehead atoms. The molecule has 2 aromatic carbocycles. The Morgan fingerprint density at radius 2 is 1.57 bits per heavy atom. The lowest BCUT2D eigenvalue weighted by Gasteiger charge is -2.16. The van der Waals surface area contributed by atoms with Crippen LogP contribution in [0.2, 0.25) is 0 Å². The fraction of sp³-hybridized carbons (Fsp3) is 0.133. The molecule has 2 aromatic rings. The van der Waals surface area contributed by atoms with Crippen LogP contribution in [-0.4, -0.2) is 30.9 Å². The molecule has 1 unspecified atom stereocenters. The molecule has 0 aromatic heterocycles. The van der Waals surface area contributed by atoms with E-state index < -0.39 is 41.7 Å². The Balaban J connectivity index is 2.55. The molecular weight excluding hydrogens is 323 g/mol. The van der Waals surface area contributed by atoms with Gasteiger partial charge in [0, 0.05) is 12.0 Å². The highest BCUT2D eigenvalue weighted by Crippen LogP contribution is 2.40. The van der Waals surface area contributed by atoms with Gasteiger partial charge in [0.05, 0.1) is 10.9 Å². The number of carbonyl (C=O) groups is 1. The van der Waals surface area contributed by atoms with Crippen molar-refractivity contribution < 1.29 is 34.5 Å². The second kappa shape index (κ2) is 6.04. The van der Waals surface area contributed by atoms with Crippen molar-refractivity contribution in [2.24, 2.45) is 0 Å². The SMILES string of the molecule is CC(C(=O)c1c(O)cc(O)cc1P(=O)(O)O)c1ccc(O)cc1. The van der Waals surface area contributed by atoms with E-state index in [1.54, 1.807) is 0 Å². The molecule has 1 atom stereocenters. The summed E-state index contributed by atoms with van der Waals surface area (Å²) in [6.07, 6.45) is 0. The summed E-state index contributed by atoms with van der Waals surface area (Å²) in [6.45, 7) is 1.50. The van der Waals surface area contributed by atoms with Crippen LogP contribution < -0.4 is 5.30 Å². The summed E-state index contributed by atoms with van der Waals surface area (Å²) in [5.41, 5.74) is -0.0337. The quantitative estimate of drug-likeness (QED) is 0.422. The minimum atomic E-state index is -4.88. The highest BCUT2D eigenvalue weighted by molar-refractivity contribution is 7.60. The maximum atomic E-state index is 12.6. The predicted octanol–water partition coefficient (Wildman–Crippen LogP) is 1.59. The van der Waals surface area contributed by atoms with Gasteiger partial charge in [0.1, 0.15) is 17.2 Å². The number of phenolic OH excluding ortho intramolecular Hbond substituents is 3. The van der Waals surface area contributed by atoms with Gasteiger partial charge in [-0.1, -0.05) is 19.1 Å². The largest absolute Gasteiger partial charge is 0.508 e. The van der Waals surface area contributed by atoms with Crippen molar-refractivity contribution in [3.63, 3.8) is 0 Å². The maximum Gasteiger partial charge on any atom is 0.357 e. The van der Waals surface area contributed by atoms with E-state index in [0.29, 0.717) is 5.56 Å². The van der Waals surface area contributed by atoms with E-state index in [-0.39, 0.29) is 5.75 Å². The van der Waals surface area contributed by atoms with Crippen LogP contribution in [0.25, 0.3) is 0 Å². The lowest BCUT2D eigenvalue weighted by Crippen LogP contribution is -2.20. The van der Waals surface area contributed by atoms with Gasteiger partial charge >= 0.3 is 7.60 Å². The fourth-order valence-corrected chi connectivity index (χ4v) is 3.03. The Labute approximate surface area is 131 Å². The van der Waals surface area contributed by atoms with Crippen LogP contribution in [0.5, 0.6) is 17.2 Å². The van der Waals surface area contributed by atoms with Crippen molar-refractivity contribution in [3.8, 4) is 17.2 Å². The van der Waals surface area contributed by atoms with E-state index in [9.17, 15) is 34.5 Å². The van der Waals surface area contributed by atoms with Gasteiger partial charge in [-0.25, -0.2) is 0 Å². The van der Waals surface area contributed by atoms with Crippen LogP contribution in [0.1, 0.15) is 28.8 Å². The molecule has 0 aliphatic rings. The summed E-state index contributed by atoms with van der Waals surface area (Å²) >= 11 is 0. The predicted molar refractivity (Wildman–Crippen MR) is 82.3 cm³/mol. The van der Waals surface area contributed by atoms with Gasteiger partial charge in [0.15, 0.2) is 5.78 Å². The first kappa shape index (κ1) is 17.0. The van der Waals surface area contributed by atoms with Crippen molar-refractivity contribution in [1.29, 1.82) is 0 Å². The standard InChI is InChI=1S/C15H15O7P/c1-8(9-2-4-10(16)5-3-9)15(19)14-12(18)6-11(17)7-13(14)23(20,21)22/h2-8,16-18H,1H3,(H2,20,21,22). The lowest BCUT2D eigenvalue weighted by atomic mass is 9.91. The number of benzene rings is 2. The molecule has 0 radical (unpaired) electrons. The summed E-state index contributed by atoms with van der Waals surface area (Å²) in [7, 11) is -4.88. The first-order valence-corrected chi connectivity index (χ1v) is 8.17. The zero-order chi connectivity index (χ0) is 17.4. The molecule has 23 heavy (non-hydrogen) atoms. The second-order valence-corrected chi connectivity index (χ2v) is 6.65. The zero-order valence-electron chi connectivity index (χ0n) is 12.0. The second-order valence-electron chi connectivity index (χ2n) is 5.08. The Hall–Kier alpha value is -2.34. The van der Waals surface area contributed by atoms with E-state index in [4.69, 9.17) is 0 Å². The third-order valence-electron chi connectivity index (χ3n) is 3.43. The van der Waals surface area contributed by atoms with Crippen LogP contribution in [0, 0.1) is 0 Å². The molecule has 122 valence electrons. The molecule has 0 spiro atoms. The fourth-order valence-electron chi connectivity index (χ4n) is 2.21. The molecule has 0 aliphatic heterocycles. The van der Waals surface area contributed by atoms with Crippen molar-refractivity contribution in [2.45, 2.75) is 12.8 Å². The zero-order valence-corrected chi connectivity index (χ0v) is 12.9. The molecular formula is C15H15O7P. The molecule has 2 rings (SSSR count). The van der Waals surface area contributed by atoms with Crippen LogP contribution in [0.15, 0.2) is 36.4 Å². The smallest absolute Gasteiger partial charge is 0.357 e. The summed E-state index contributed by atoms with van der Waals surface area (Å²) < 4.78 is 11.6. The third kappa shape index (κ3) is 3.53. The van der Waals surface area contributed by atoms with E-state index >= 15 is 0 Å². The van der Waals surface area contributed by atoms with Crippen LogP contribution >= 0.6 is 7.60 Å².